The van der Waals surface area contributed by atoms with Crippen LogP contribution in [0.4, 0.5) is 20.3 Å². The van der Waals surface area contributed by atoms with Gasteiger partial charge in [-0.2, -0.15) is 9.97 Å². The average molecular weight is 589 g/mol. The van der Waals surface area contributed by atoms with Gasteiger partial charge in [0.1, 0.15) is 24.3 Å². The second-order valence-electron chi connectivity index (χ2n) is 11.3. The van der Waals surface area contributed by atoms with Crippen LogP contribution in [-0.2, 0) is 22.5 Å². The van der Waals surface area contributed by atoms with Crippen LogP contribution >= 0.6 is 0 Å². The van der Waals surface area contributed by atoms with Crippen molar-refractivity contribution >= 4 is 28.2 Å². The summed E-state index contributed by atoms with van der Waals surface area (Å²) in [4.78, 5) is 31.2. The van der Waals surface area contributed by atoms with Crippen LogP contribution in [0.1, 0.15) is 31.0 Å². The molecule has 1 amide bonds. The van der Waals surface area contributed by atoms with Gasteiger partial charge in [-0.05, 0) is 43.7 Å². The van der Waals surface area contributed by atoms with Gasteiger partial charge in [0.15, 0.2) is 5.83 Å². The van der Waals surface area contributed by atoms with Crippen LogP contribution in [-0.4, -0.2) is 78.4 Å². The Hall–Kier alpha value is -4.30. The third-order valence-corrected chi connectivity index (χ3v) is 8.17. The summed E-state index contributed by atoms with van der Waals surface area (Å²) in [6, 6.07) is 10.5. The lowest BCUT2D eigenvalue weighted by Crippen LogP contribution is -2.57. The molecule has 3 aliphatic rings. The number of nitrogens with zero attached hydrogens (tertiary/aromatic N) is 6. The van der Waals surface area contributed by atoms with Gasteiger partial charge in [0.2, 0.25) is 6.54 Å². The van der Waals surface area contributed by atoms with Crippen molar-refractivity contribution < 1.29 is 23.0 Å². The summed E-state index contributed by atoms with van der Waals surface area (Å²) in [5.41, 5.74) is 2.52. The van der Waals surface area contributed by atoms with Crippen molar-refractivity contribution in [2.75, 3.05) is 49.1 Å². The maximum atomic E-state index is 15.0. The molecule has 1 saturated carbocycles. The standard InChI is InChI=1S/C32H34F2N6O3/c1-20(43-24-10-11-24)19-42-32-36-27-18-38(28-9-5-7-22-6-4-8-26(34)29(22)28)13-12-25(27)30(37-32)39-14-15-40(31(41)21(2)33)23(17-39)16-35-3/h4-9,20,23-24H,2,10-19H2,1H3/t20-,23-/m0/s1. The van der Waals surface area contributed by atoms with E-state index in [9.17, 15) is 9.18 Å². The highest BCUT2D eigenvalue weighted by molar-refractivity contribution is 5.95. The van der Waals surface area contributed by atoms with Crippen LogP contribution in [0.3, 0.4) is 0 Å². The van der Waals surface area contributed by atoms with Crippen LogP contribution in [0.5, 0.6) is 6.01 Å². The summed E-state index contributed by atoms with van der Waals surface area (Å²) in [5.74, 6) is -1.42. The number of hydrogen-bond donors (Lipinski definition) is 0. The fourth-order valence-electron chi connectivity index (χ4n) is 5.96. The molecule has 0 spiro atoms. The van der Waals surface area contributed by atoms with Crippen molar-refractivity contribution in [3.05, 3.63) is 77.3 Å². The lowest BCUT2D eigenvalue weighted by molar-refractivity contribution is -0.131. The normalized spacial score (nSPS) is 19.1. The molecule has 0 unspecified atom stereocenters. The number of piperazine rings is 1. The predicted molar refractivity (Wildman–Crippen MR) is 159 cm³/mol. The Morgan fingerprint density at radius 2 is 1.95 bits per heavy atom. The maximum Gasteiger partial charge on any atom is 0.318 e. The van der Waals surface area contributed by atoms with Crippen LogP contribution in [0, 0.1) is 12.4 Å². The number of amides is 1. The van der Waals surface area contributed by atoms with Gasteiger partial charge in [-0.25, -0.2) is 15.4 Å². The number of fused-ring (bicyclic) bond motifs is 2. The molecule has 224 valence electrons. The third-order valence-electron chi connectivity index (χ3n) is 8.17. The van der Waals surface area contributed by atoms with E-state index in [0.717, 1.165) is 35.2 Å². The molecule has 6 rings (SSSR count). The SMILES string of the molecule is [C-]#[N+]C[C@H]1CN(c2nc(OC[C@H](C)OC3CC3)nc3c2CCN(c2cccc4cccc(F)c24)C3)CCN1C(=O)C(=C)F. The molecule has 2 fully saturated rings. The minimum Gasteiger partial charge on any atom is -0.461 e. The Morgan fingerprint density at radius 1 is 1.16 bits per heavy atom. The molecule has 0 radical (unpaired) electrons. The molecule has 9 nitrogen and oxygen atoms in total. The molecule has 2 aromatic carbocycles. The van der Waals surface area contributed by atoms with Gasteiger partial charge >= 0.3 is 6.01 Å². The molecule has 3 aromatic rings. The first-order chi connectivity index (χ1) is 20.8. The van der Waals surface area contributed by atoms with Crippen LogP contribution < -0.4 is 14.5 Å². The van der Waals surface area contributed by atoms with Gasteiger partial charge in [-0.1, -0.05) is 30.8 Å². The van der Waals surface area contributed by atoms with Gasteiger partial charge in [0.05, 0.1) is 24.4 Å². The Kier molecular flexibility index (Phi) is 8.13. The van der Waals surface area contributed by atoms with Crippen molar-refractivity contribution in [2.24, 2.45) is 0 Å². The molecule has 11 heteroatoms. The maximum absolute atomic E-state index is 15.0. The molecule has 43 heavy (non-hydrogen) atoms. The summed E-state index contributed by atoms with van der Waals surface area (Å²) >= 11 is 0. The zero-order valence-electron chi connectivity index (χ0n) is 24.1. The Bertz CT molecular complexity index is 1580. The highest BCUT2D eigenvalue weighted by atomic mass is 19.1. The number of carbonyl (C=O) groups is 1. The first kappa shape index (κ1) is 28.8. The van der Waals surface area contributed by atoms with Crippen molar-refractivity contribution in [2.45, 2.75) is 51.0 Å². The number of carbonyl (C=O) groups excluding carboxylic acids is 1. The number of hydrogen-bond acceptors (Lipinski definition) is 7. The number of benzene rings is 2. The molecular formula is C32H34F2N6O3. The fraction of sp³-hybridized carbons (Fsp3) is 0.438. The number of aromatic nitrogens is 2. The molecule has 0 N–H and O–H groups in total. The van der Waals surface area contributed by atoms with Gasteiger partial charge in [-0.3, -0.25) is 4.79 Å². The minimum absolute atomic E-state index is 0.0304. The van der Waals surface area contributed by atoms with Crippen molar-refractivity contribution in [3.63, 3.8) is 0 Å². The van der Waals surface area contributed by atoms with Crippen LogP contribution in [0.15, 0.2) is 48.8 Å². The van der Waals surface area contributed by atoms with Gasteiger partial charge in [0.25, 0.3) is 5.91 Å². The Labute approximate surface area is 249 Å². The van der Waals surface area contributed by atoms with Crippen molar-refractivity contribution in [3.8, 4) is 6.01 Å². The van der Waals surface area contributed by atoms with E-state index < -0.39 is 17.8 Å². The van der Waals surface area contributed by atoms with E-state index in [1.165, 1.54) is 11.0 Å². The Morgan fingerprint density at radius 3 is 2.70 bits per heavy atom. The van der Waals surface area contributed by atoms with Crippen LogP contribution in [0.25, 0.3) is 15.6 Å². The molecule has 2 atom stereocenters. The fourth-order valence-corrected chi connectivity index (χ4v) is 5.96. The van der Waals surface area contributed by atoms with Crippen LogP contribution in [0.2, 0.25) is 0 Å². The zero-order chi connectivity index (χ0) is 30.1. The second kappa shape index (κ2) is 12.1. The summed E-state index contributed by atoms with van der Waals surface area (Å²) in [7, 11) is 0. The van der Waals surface area contributed by atoms with Gasteiger partial charge in [-0.15, -0.1) is 0 Å². The van der Waals surface area contributed by atoms with Gasteiger partial charge < -0.3 is 29.0 Å². The Balaban J connectivity index is 1.32. The minimum atomic E-state index is -1.04. The van der Waals surface area contributed by atoms with Crippen molar-refractivity contribution in [1.82, 2.24) is 14.9 Å². The lowest BCUT2D eigenvalue weighted by Gasteiger charge is -2.41. The molecule has 1 aliphatic carbocycles. The second-order valence-corrected chi connectivity index (χ2v) is 11.3. The highest BCUT2D eigenvalue weighted by Gasteiger charge is 2.36. The number of halogens is 2. The summed E-state index contributed by atoms with van der Waals surface area (Å²) in [5, 5.41) is 1.40. The highest BCUT2D eigenvalue weighted by Crippen LogP contribution is 2.36. The first-order valence-corrected chi connectivity index (χ1v) is 14.7. The van der Waals surface area contributed by atoms with E-state index in [0.29, 0.717) is 43.8 Å². The van der Waals surface area contributed by atoms with E-state index in [4.69, 9.17) is 26.0 Å². The summed E-state index contributed by atoms with van der Waals surface area (Å²) < 4.78 is 40.8. The monoisotopic (exact) mass is 588 g/mol. The van der Waals surface area contributed by atoms with Crippen molar-refractivity contribution in [1.29, 1.82) is 0 Å². The van der Waals surface area contributed by atoms with Gasteiger partial charge in [0, 0.05) is 42.8 Å². The largest absolute Gasteiger partial charge is 0.461 e. The topological polar surface area (TPSA) is 75.4 Å². The summed E-state index contributed by atoms with van der Waals surface area (Å²) in [6.07, 6.45) is 2.88. The third kappa shape index (κ3) is 6.11. The smallest absolute Gasteiger partial charge is 0.318 e. The van der Waals surface area contributed by atoms with E-state index in [1.54, 1.807) is 6.07 Å². The number of rotatable bonds is 9. The molecule has 1 aromatic heterocycles. The molecular weight excluding hydrogens is 554 g/mol. The molecule has 3 heterocycles. The predicted octanol–water partition coefficient (Wildman–Crippen LogP) is 4.70. The zero-order valence-corrected chi connectivity index (χ0v) is 24.1. The van der Waals surface area contributed by atoms with E-state index in [1.807, 2.05) is 36.1 Å². The molecule has 0 bridgehead atoms. The quantitative estimate of drug-likeness (QED) is 0.265. The molecule has 1 saturated heterocycles. The molecule has 2 aliphatic heterocycles. The number of ether oxygens (including phenoxy) is 2. The van der Waals surface area contributed by atoms with E-state index >= 15 is 4.39 Å². The van der Waals surface area contributed by atoms with E-state index in [2.05, 4.69) is 16.3 Å². The van der Waals surface area contributed by atoms with E-state index in [-0.39, 0.29) is 43.7 Å². The number of anilines is 2. The average Bonchev–Trinajstić information content (AvgIpc) is 3.83. The lowest BCUT2D eigenvalue weighted by atomic mass is 10.0. The summed E-state index contributed by atoms with van der Waals surface area (Å²) in [6.45, 7) is 14.8. The first-order valence-electron chi connectivity index (χ1n) is 14.7.